The van der Waals surface area contributed by atoms with Crippen LogP contribution in [0.15, 0.2) is 53.2 Å². The molecule has 0 saturated carbocycles. The summed E-state index contributed by atoms with van der Waals surface area (Å²) >= 11 is 0. The van der Waals surface area contributed by atoms with Crippen LogP contribution in [0.25, 0.3) is 5.76 Å². The lowest BCUT2D eigenvalue weighted by molar-refractivity contribution is -0.113. The number of amides is 2. The van der Waals surface area contributed by atoms with Crippen molar-refractivity contribution in [2.24, 2.45) is 0 Å². The highest BCUT2D eigenvalue weighted by Gasteiger charge is 2.37. The summed E-state index contributed by atoms with van der Waals surface area (Å²) in [6, 6.07) is 8.70. The maximum absolute atomic E-state index is 12.6. The number of nitrogens with one attached hydrogen (secondary N) is 2. The first-order valence-corrected chi connectivity index (χ1v) is 9.22. The molecule has 2 amide bonds. The summed E-state index contributed by atoms with van der Waals surface area (Å²) in [6.45, 7) is 0. The highest BCUT2D eigenvalue weighted by molar-refractivity contribution is 7.89. The maximum atomic E-state index is 12.6. The molecule has 2 aromatic rings. The van der Waals surface area contributed by atoms with Crippen molar-refractivity contribution >= 4 is 33.4 Å². The van der Waals surface area contributed by atoms with E-state index < -0.39 is 27.4 Å². The van der Waals surface area contributed by atoms with E-state index in [9.17, 15) is 23.1 Å². The van der Waals surface area contributed by atoms with Crippen LogP contribution in [0.4, 0.5) is 5.82 Å². The van der Waals surface area contributed by atoms with Gasteiger partial charge in [-0.2, -0.15) is 0 Å². The van der Waals surface area contributed by atoms with E-state index in [1.165, 1.54) is 50.6 Å². The van der Waals surface area contributed by atoms with Crippen LogP contribution < -0.4 is 10.6 Å². The minimum absolute atomic E-state index is 0.0451. The summed E-state index contributed by atoms with van der Waals surface area (Å²) in [5.41, 5.74) is -0.0848. The Morgan fingerprint density at radius 3 is 2.44 bits per heavy atom. The molecule has 0 aliphatic carbocycles. The van der Waals surface area contributed by atoms with Gasteiger partial charge in [-0.3, -0.25) is 13.9 Å². The molecule has 140 valence electrons. The number of aliphatic hydroxyl groups excluding tert-OH is 1. The topological polar surface area (TPSA) is 129 Å². The number of hydrogen-bond donors (Lipinski definition) is 3. The number of benzene rings is 1. The van der Waals surface area contributed by atoms with Gasteiger partial charge in [-0.25, -0.2) is 13.4 Å². The molecule has 10 heteroatoms. The molecule has 3 rings (SSSR count). The van der Waals surface area contributed by atoms with E-state index >= 15 is 0 Å². The molecule has 0 bridgehead atoms. The number of carbonyl (C=O) groups is 2. The first kappa shape index (κ1) is 18.4. The number of aliphatic hydroxyl groups is 1. The number of fused-ring (bicyclic) bond motifs is 1. The van der Waals surface area contributed by atoms with Crippen LogP contribution >= 0.6 is 0 Å². The minimum Gasteiger partial charge on any atom is -0.505 e. The number of pyridine rings is 1. The highest BCUT2D eigenvalue weighted by Crippen LogP contribution is 2.34. The van der Waals surface area contributed by atoms with Crippen molar-refractivity contribution in [1.29, 1.82) is 0 Å². The molecule has 0 atom stereocenters. The second-order valence-electron chi connectivity index (χ2n) is 5.63. The van der Waals surface area contributed by atoms with E-state index in [4.69, 9.17) is 0 Å². The summed E-state index contributed by atoms with van der Waals surface area (Å²) in [5.74, 6) is -1.55. The number of rotatable bonds is 3. The van der Waals surface area contributed by atoms with E-state index in [-0.39, 0.29) is 22.2 Å². The smallest absolute Gasteiger partial charge is 0.277 e. The Morgan fingerprint density at radius 1 is 1.11 bits per heavy atom. The number of nitrogens with zero attached hydrogens (tertiary/aromatic N) is 2. The van der Waals surface area contributed by atoms with Crippen LogP contribution in [-0.2, 0) is 14.8 Å². The largest absolute Gasteiger partial charge is 0.505 e. The van der Waals surface area contributed by atoms with Crippen molar-refractivity contribution in [3.05, 3.63) is 59.4 Å². The lowest BCUT2D eigenvalue weighted by atomic mass is 10.1. The average Bonchev–Trinajstić information content (AvgIpc) is 2.67. The maximum Gasteiger partial charge on any atom is 0.277 e. The normalized spacial score (nSPS) is 15.1. The molecule has 0 radical (unpaired) electrons. The zero-order valence-corrected chi connectivity index (χ0v) is 15.2. The van der Waals surface area contributed by atoms with Gasteiger partial charge in [0.25, 0.3) is 21.8 Å². The quantitative estimate of drug-likeness (QED) is 0.718. The molecular formula is C17H16N4O5S. The third-order valence-electron chi connectivity index (χ3n) is 4.03. The molecule has 9 nitrogen and oxygen atoms in total. The highest BCUT2D eigenvalue weighted by atomic mass is 32.2. The summed E-state index contributed by atoms with van der Waals surface area (Å²) in [7, 11) is -1.32. The predicted octanol–water partition coefficient (Wildman–Crippen LogP) is 0.941. The van der Waals surface area contributed by atoms with E-state index in [1.54, 1.807) is 6.07 Å². The Balaban J connectivity index is 1.96. The number of likely N-dealkylation sites (N-methyl/N-ethyl adjacent to an activating group) is 1. The number of sulfonamides is 1. The summed E-state index contributed by atoms with van der Waals surface area (Å²) in [6.07, 6.45) is 1.26. The zero-order chi connectivity index (χ0) is 19.8. The molecule has 1 aliphatic rings. The second kappa shape index (κ2) is 6.72. The lowest BCUT2D eigenvalue weighted by Crippen LogP contribution is -2.37. The third-order valence-corrected chi connectivity index (χ3v) is 5.84. The van der Waals surface area contributed by atoms with Crippen molar-refractivity contribution in [2.75, 3.05) is 19.4 Å². The molecule has 0 unspecified atom stereocenters. The standard InChI is InChI=1S/C17H16N4O5S/c1-18-16(23)10-7-8-13(19-9-10)20-17(24)14-15(22)11-5-3-4-6-12(11)27(25,26)21(14)2/h3-9,22H,1-2H3,(H,18,23)(H,19,20,24). The first-order valence-electron chi connectivity index (χ1n) is 7.78. The van der Waals surface area contributed by atoms with Crippen LogP contribution in [-0.4, -0.2) is 48.7 Å². The van der Waals surface area contributed by atoms with E-state index in [0.29, 0.717) is 5.56 Å². The summed E-state index contributed by atoms with van der Waals surface area (Å²) < 4.78 is 25.9. The zero-order valence-electron chi connectivity index (χ0n) is 14.4. The average molecular weight is 388 g/mol. The Hall–Kier alpha value is -3.40. The fraction of sp³-hybridized carbons (Fsp3) is 0.118. The van der Waals surface area contributed by atoms with Crippen LogP contribution in [0.2, 0.25) is 0 Å². The van der Waals surface area contributed by atoms with Crippen LogP contribution in [0, 0.1) is 0 Å². The van der Waals surface area contributed by atoms with E-state index in [0.717, 1.165) is 4.31 Å². The molecule has 0 spiro atoms. The molecule has 27 heavy (non-hydrogen) atoms. The van der Waals surface area contributed by atoms with Crippen molar-refractivity contribution in [3.63, 3.8) is 0 Å². The van der Waals surface area contributed by atoms with Gasteiger partial charge in [-0.15, -0.1) is 0 Å². The van der Waals surface area contributed by atoms with Gasteiger partial charge < -0.3 is 15.7 Å². The molecular weight excluding hydrogens is 372 g/mol. The fourth-order valence-electron chi connectivity index (χ4n) is 2.60. The molecule has 2 heterocycles. The number of hydrogen-bond acceptors (Lipinski definition) is 6. The molecule has 1 aromatic carbocycles. The van der Waals surface area contributed by atoms with E-state index in [1.807, 2.05) is 0 Å². The van der Waals surface area contributed by atoms with Gasteiger partial charge >= 0.3 is 0 Å². The van der Waals surface area contributed by atoms with Crippen molar-refractivity contribution in [1.82, 2.24) is 14.6 Å². The van der Waals surface area contributed by atoms with Crippen molar-refractivity contribution in [3.8, 4) is 0 Å². The van der Waals surface area contributed by atoms with Gasteiger partial charge in [0.15, 0.2) is 11.5 Å². The SMILES string of the molecule is CNC(=O)c1ccc(NC(=O)C2=C(O)c3ccccc3S(=O)(=O)N2C)nc1. The monoisotopic (exact) mass is 388 g/mol. The van der Waals surface area contributed by atoms with Crippen LogP contribution in [0.1, 0.15) is 15.9 Å². The Bertz CT molecular complexity index is 1060. The third kappa shape index (κ3) is 3.10. The number of carbonyl (C=O) groups excluding carboxylic acids is 2. The van der Waals surface area contributed by atoms with Gasteiger partial charge in [-0.05, 0) is 24.3 Å². The minimum atomic E-state index is -3.98. The molecule has 0 saturated heterocycles. The summed E-state index contributed by atoms with van der Waals surface area (Å²) in [5, 5.41) is 15.3. The van der Waals surface area contributed by atoms with Crippen LogP contribution in [0.3, 0.4) is 0 Å². The fourth-order valence-corrected chi connectivity index (χ4v) is 4.00. The Labute approximate surface area is 155 Å². The van der Waals surface area contributed by atoms with Gasteiger partial charge in [0.2, 0.25) is 0 Å². The predicted molar refractivity (Wildman–Crippen MR) is 97.2 cm³/mol. The van der Waals surface area contributed by atoms with Gasteiger partial charge in [0.05, 0.1) is 10.5 Å². The van der Waals surface area contributed by atoms with Gasteiger partial charge in [-0.1, -0.05) is 12.1 Å². The number of aromatic nitrogens is 1. The molecule has 1 aromatic heterocycles. The van der Waals surface area contributed by atoms with Crippen LogP contribution in [0.5, 0.6) is 0 Å². The second-order valence-corrected chi connectivity index (χ2v) is 7.57. The van der Waals surface area contributed by atoms with Gasteiger partial charge in [0, 0.05) is 25.9 Å². The lowest BCUT2D eigenvalue weighted by Gasteiger charge is -2.28. The number of anilines is 1. The molecule has 1 aliphatic heterocycles. The molecule has 3 N–H and O–H groups in total. The van der Waals surface area contributed by atoms with Crippen molar-refractivity contribution < 1.29 is 23.1 Å². The Kier molecular flexibility index (Phi) is 4.58. The molecule has 0 fully saturated rings. The van der Waals surface area contributed by atoms with Gasteiger partial charge in [0.1, 0.15) is 5.82 Å². The van der Waals surface area contributed by atoms with E-state index in [2.05, 4.69) is 15.6 Å². The Morgan fingerprint density at radius 2 is 1.81 bits per heavy atom. The summed E-state index contributed by atoms with van der Waals surface area (Å²) in [4.78, 5) is 28.0. The van der Waals surface area contributed by atoms with Crippen molar-refractivity contribution in [2.45, 2.75) is 4.90 Å². The first-order chi connectivity index (χ1) is 12.8.